The number of aliphatic hydroxyl groups is 1. The molecule has 0 radical (unpaired) electrons. The maximum absolute atomic E-state index is 12.8. The Morgan fingerprint density at radius 1 is 1.03 bits per heavy atom. The Morgan fingerprint density at radius 2 is 1.76 bits per heavy atom. The first-order chi connectivity index (χ1) is 18.3. The average Bonchev–Trinajstić information content (AvgIpc) is 3.23. The summed E-state index contributed by atoms with van der Waals surface area (Å²) in [5.74, 6) is 0.416. The Balaban J connectivity index is 1.62. The van der Waals surface area contributed by atoms with Gasteiger partial charge in [0, 0.05) is 0 Å². The highest BCUT2D eigenvalue weighted by molar-refractivity contribution is 5.72. The molecule has 1 fully saturated rings. The predicted molar refractivity (Wildman–Crippen MR) is 149 cm³/mol. The third kappa shape index (κ3) is 8.72. The van der Waals surface area contributed by atoms with Gasteiger partial charge in [0.05, 0.1) is 12.0 Å². The third-order valence-corrected chi connectivity index (χ3v) is 8.93. The largest absolute Gasteiger partial charge is 0.482 e. The summed E-state index contributed by atoms with van der Waals surface area (Å²) in [7, 11) is 0. The van der Waals surface area contributed by atoms with Crippen LogP contribution in [0.25, 0.3) is 0 Å². The molecule has 2 N–H and O–H groups in total. The first-order valence-electron chi connectivity index (χ1n) is 15.2. The number of unbranched alkanes of at least 4 members (excludes halogenated alkanes) is 6. The highest BCUT2D eigenvalue weighted by Crippen LogP contribution is 2.49. The van der Waals surface area contributed by atoms with Gasteiger partial charge in [-0.2, -0.15) is 0 Å². The summed E-state index contributed by atoms with van der Waals surface area (Å²) in [5, 5.41) is 19.8. The molecular weight excluding hydrogens is 480 g/mol. The fourth-order valence-electron chi connectivity index (χ4n) is 6.48. The van der Waals surface area contributed by atoms with E-state index in [0.717, 1.165) is 56.9 Å². The lowest BCUT2D eigenvalue weighted by molar-refractivity contribution is -0.156. The van der Waals surface area contributed by atoms with Crippen molar-refractivity contribution in [1.82, 2.24) is 0 Å². The molecule has 2 aliphatic carbocycles. The van der Waals surface area contributed by atoms with Gasteiger partial charge in [-0.05, 0) is 79.9 Å². The van der Waals surface area contributed by atoms with Gasteiger partial charge >= 0.3 is 11.9 Å². The van der Waals surface area contributed by atoms with Gasteiger partial charge in [-0.15, -0.1) is 0 Å². The zero-order valence-corrected chi connectivity index (χ0v) is 23.8. The summed E-state index contributed by atoms with van der Waals surface area (Å²) in [6.07, 6.45) is 14.0. The molecule has 6 atom stereocenters. The lowest BCUT2D eigenvalue weighted by atomic mass is 9.73. The number of aliphatic carboxylic acids is 1. The second-order valence-electron chi connectivity index (χ2n) is 11.7. The van der Waals surface area contributed by atoms with Gasteiger partial charge < -0.3 is 19.7 Å². The quantitative estimate of drug-likeness (QED) is 0.171. The SMILES string of the molecule is CCCCCCCCC[C@H](O)CC[C@@H]1[C@H]2Cc3cccc(OCC(=O)O)c3C[C@H]2C[C@H]1OC(=O)[C@H](C)CC. The van der Waals surface area contributed by atoms with E-state index in [9.17, 15) is 14.7 Å². The second kappa shape index (κ2) is 15.5. The molecule has 1 aromatic rings. The molecule has 0 amide bonds. The van der Waals surface area contributed by atoms with E-state index in [1.54, 1.807) is 0 Å². The van der Waals surface area contributed by atoms with E-state index in [-0.39, 0.29) is 36.6 Å². The summed E-state index contributed by atoms with van der Waals surface area (Å²) in [4.78, 5) is 23.8. The smallest absolute Gasteiger partial charge is 0.341 e. The second-order valence-corrected chi connectivity index (χ2v) is 11.7. The van der Waals surface area contributed by atoms with Crippen LogP contribution in [0.15, 0.2) is 18.2 Å². The van der Waals surface area contributed by atoms with E-state index in [2.05, 4.69) is 13.0 Å². The molecule has 0 saturated heterocycles. The molecular formula is C32H50O6. The van der Waals surface area contributed by atoms with Crippen molar-refractivity contribution < 1.29 is 29.3 Å². The molecule has 6 heteroatoms. The number of carbonyl (C=O) groups excluding carboxylic acids is 1. The Bertz CT molecular complexity index is 883. The van der Waals surface area contributed by atoms with Crippen molar-refractivity contribution in [1.29, 1.82) is 0 Å². The fraction of sp³-hybridized carbons (Fsp3) is 0.750. The molecule has 0 heterocycles. The summed E-state index contributed by atoms with van der Waals surface area (Å²) < 4.78 is 11.7. The number of rotatable bonds is 17. The van der Waals surface area contributed by atoms with Crippen molar-refractivity contribution in [3.8, 4) is 5.75 Å². The minimum absolute atomic E-state index is 0.116. The Kier molecular flexibility index (Phi) is 12.4. The summed E-state index contributed by atoms with van der Waals surface area (Å²) in [6, 6.07) is 5.91. The molecule has 38 heavy (non-hydrogen) atoms. The molecule has 1 aromatic carbocycles. The van der Waals surface area contributed by atoms with Crippen molar-refractivity contribution >= 4 is 11.9 Å². The van der Waals surface area contributed by atoms with E-state index >= 15 is 0 Å². The molecule has 0 aliphatic heterocycles. The molecule has 0 spiro atoms. The Hall–Kier alpha value is -2.08. The van der Waals surface area contributed by atoms with Crippen LogP contribution in [0.4, 0.5) is 0 Å². The van der Waals surface area contributed by atoms with Crippen molar-refractivity contribution in [2.75, 3.05) is 6.61 Å². The number of carbonyl (C=O) groups is 2. The van der Waals surface area contributed by atoms with Crippen LogP contribution in [0, 0.1) is 23.7 Å². The van der Waals surface area contributed by atoms with E-state index in [4.69, 9.17) is 14.6 Å². The lowest BCUT2D eigenvalue weighted by Gasteiger charge is -2.33. The monoisotopic (exact) mass is 530 g/mol. The van der Waals surface area contributed by atoms with Gasteiger partial charge in [-0.3, -0.25) is 4.79 Å². The Morgan fingerprint density at radius 3 is 2.47 bits per heavy atom. The topological polar surface area (TPSA) is 93.1 Å². The van der Waals surface area contributed by atoms with Gasteiger partial charge in [0.1, 0.15) is 11.9 Å². The standard InChI is InChI=1S/C32H50O6/c1-4-6-7-8-9-10-11-14-25(33)16-17-26-27-18-23-13-12-15-29(37-21-31(34)35)28(23)19-24(27)20-30(26)38-32(36)22(3)5-2/h12-13,15,22,24-27,30,33H,4-11,14,16-21H2,1-3H3,(H,34,35)/t22-,24+,25+,26-,27+,30-/m1/s1. The third-order valence-electron chi connectivity index (χ3n) is 8.93. The van der Waals surface area contributed by atoms with E-state index in [1.165, 1.54) is 44.1 Å². The number of carboxylic acids is 1. The van der Waals surface area contributed by atoms with Crippen LogP contribution in [-0.4, -0.2) is 41.0 Å². The minimum atomic E-state index is -0.982. The lowest BCUT2D eigenvalue weighted by Crippen LogP contribution is -2.30. The number of hydrogen-bond acceptors (Lipinski definition) is 5. The van der Waals surface area contributed by atoms with Crippen LogP contribution in [0.5, 0.6) is 5.75 Å². The van der Waals surface area contributed by atoms with Gasteiger partial charge in [0.15, 0.2) is 6.61 Å². The normalized spacial score (nSPS) is 23.8. The van der Waals surface area contributed by atoms with Crippen LogP contribution in [0.1, 0.15) is 109 Å². The molecule has 0 bridgehead atoms. The summed E-state index contributed by atoms with van der Waals surface area (Å²) in [6.45, 7) is 5.82. The molecule has 0 unspecified atom stereocenters. The number of carboxylic acid groups (broad SMARTS) is 1. The highest BCUT2D eigenvalue weighted by atomic mass is 16.5. The van der Waals surface area contributed by atoms with Gasteiger partial charge in [-0.1, -0.05) is 77.8 Å². The molecule has 6 nitrogen and oxygen atoms in total. The van der Waals surface area contributed by atoms with Crippen molar-refractivity contribution in [2.24, 2.45) is 23.7 Å². The van der Waals surface area contributed by atoms with Crippen molar-refractivity contribution in [3.63, 3.8) is 0 Å². The highest BCUT2D eigenvalue weighted by Gasteiger charge is 2.47. The molecule has 3 rings (SSSR count). The van der Waals surface area contributed by atoms with Crippen LogP contribution in [-0.2, 0) is 27.2 Å². The number of aliphatic hydroxyl groups excluding tert-OH is 1. The molecule has 0 aromatic heterocycles. The molecule has 214 valence electrons. The van der Waals surface area contributed by atoms with E-state index < -0.39 is 5.97 Å². The zero-order chi connectivity index (χ0) is 27.5. The number of benzene rings is 1. The number of hydrogen-bond donors (Lipinski definition) is 2. The molecule has 1 saturated carbocycles. The molecule has 2 aliphatic rings. The summed E-state index contributed by atoms with van der Waals surface area (Å²) in [5.41, 5.74) is 2.30. The number of esters is 1. The van der Waals surface area contributed by atoms with Gasteiger partial charge in [0.2, 0.25) is 0 Å². The van der Waals surface area contributed by atoms with E-state index in [0.29, 0.717) is 17.6 Å². The minimum Gasteiger partial charge on any atom is -0.482 e. The summed E-state index contributed by atoms with van der Waals surface area (Å²) >= 11 is 0. The van der Waals surface area contributed by atoms with Gasteiger partial charge in [0.25, 0.3) is 0 Å². The predicted octanol–water partition coefficient (Wildman–Crippen LogP) is 6.74. The average molecular weight is 531 g/mol. The van der Waals surface area contributed by atoms with Crippen LogP contribution >= 0.6 is 0 Å². The number of fused-ring (bicyclic) bond motifs is 2. The van der Waals surface area contributed by atoms with E-state index in [1.807, 2.05) is 26.0 Å². The maximum atomic E-state index is 12.8. The first kappa shape index (κ1) is 30.5. The van der Waals surface area contributed by atoms with Crippen LogP contribution in [0.2, 0.25) is 0 Å². The maximum Gasteiger partial charge on any atom is 0.341 e. The van der Waals surface area contributed by atoms with Crippen LogP contribution in [0.3, 0.4) is 0 Å². The van der Waals surface area contributed by atoms with Crippen molar-refractivity contribution in [2.45, 2.75) is 123 Å². The fourth-order valence-corrected chi connectivity index (χ4v) is 6.48. The first-order valence-corrected chi connectivity index (χ1v) is 15.2. The van der Waals surface area contributed by atoms with Crippen LogP contribution < -0.4 is 4.74 Å². The van der Waals surface area contributed by atoms with Gasteiger partial charge in [-0.25, -0.2) is 4.79 Å². The van der Waals surface area contributed by atoms with Crippen molar-refractivity contribution in [3.05, 3.63) is 29.3 Å². The zero-order valence-electron chi connectivity index (χ0n) is 23.8. The Labute approximate surface area is 229 Å². The number of ether oxygens (including phenoxy) is 2.